The van der Waals surface area contributed by atoms with Gasteiger partial charge < -0.3 is 0 Å². The van der Waals surface area contributed by atoms with Gasteiger partial charge in [-0.05, 0) is 19.4 Å². The molecule has 0 heterocycles. The molecule has 0 unspecified atom stereocenters. The van der Waals surface area contributed by atoms with Crippen LogP contribution in [0.2, 0.25) is 0 Å². The second-order valence-electron chi connectivity index (χ2n) is 4.33. The third-order valence-electron chi connectivity index (χ3n) is 2.30. The standard InChI is InChI=1S/C12H19NO2S/c1-10(2)13-12(16(3,14)15)9-11-7-5-4-6-8-11/h4-8,10,12-13H,9H2,1-3H3/t12-/m1/s1. The second kappa shape index (κ2) is 5.46. The SMILES string of the molecule is CC(C)N[C@@H](Cc1ccccc1)S(C)(=O)=O. The van der Waals surface area contributed by atoms with Crippen molar-refractivity contribution in [3.05, 3.63) is 35.9 Å². The second-order valence-corrected chi connectivity index (χ2v) is 6.56. The van der Waals surface area contributed by atoms with Crippen LogP contribution in [0, 0.1) is 0 Å². The molecule has 1 aromatic carbocycles. The van der Waals surface area contributed by atoms with E-state index in [0.717, 1.165) is 5.56 Å². The average molecular weight is 241 g/mol. The minimum Gasteiger partial charge on any atom is -0.299 e. The fourth-order valence-electron chi connectivity index (χ4n) is 1.53. The number of benzene rings is 1. The lowest BCUT2D eigenvalue weighted by Crippen LogP contribution is -2.41. The van der Waals surface area contributed by atoms with Crippen molar-refractivity contribution in [3.8, 4) is 0 Å². The lowest BCUT2D eigenvalue weighted by molar-refractivity contribution is 0.514. The Bertz CT molecular complexity index is 412. The highest BCUT2D eigenvalue weighted by atomic mass is 32.2. The van der Waals surface area contributed by atoms with Crippen LogP contribution < -0.4 is 5.32 Å². The molecular formula is C12H19NO2S. The van der Waals surface area contributed by atoms with Crippen LogP contribution >= 0.6 is 0 Å². The van der Waals surface area contributed by atoms with Crippen LogP contribution in [0.5, 0.6) is 0 Å². The number of nitrogens with one attached hydrogen (secondary N) is 1. The first-order chi connectivity index (χ1) is 7.39. The van der Waals surface area contributed by atoms with Gasteiger partial charge in [-0.15, -0.1) is 0 Å². The predicted molar refractivity (Wildman–Crippen MR) is 67.0 cm³/mol. The molecule has 0 amide bonds. The Hall–Kier alpha value is -0.870. The molecule has 0 aliphatic rings. The van der Waals surface area contributed by atoms with Gasteiger partial charge in [-0.1, -0.05) is 30.3 Å². The number of sulfone groups is 1. The Morgan fingerprint density at radius 2 is 1.75 bits per heavy atom. The molecule has 90 valence electrons. The van der Waals surface area contributed by atoms with Crippen LogP contribution in [0.25, 0.3) is 0 Å². The zero-order valence-electron chi connectivity index (χ0n) is 9.97. The molecule has 16 heavy (non-hydrogen) atoms. The number of hydrogen-bond donors (Lipinski definition) is 1. The van der Waals surface area contributed by atoms with Gasteiger partial charge in [-0.3, -0.25) is 5.32 Å². The van der Waals surface area contributed by atoms with E-state index in [-0.39, 0.29) is 6.04 Å². The van der Waals surface area contributed by atoms with E-state index in [9.17, 15) is 8.42 Å². The zero-order chi connectivity index (χ0) is 12.2. The van der Waals surface area contributed by atoms with Gasteiger partial charge in [0, 0.05) is 18.7 Å². The molecule has 0 radical (unpaired) electrons. The Morgan fingerprint density at radius 1 is 1.19 bits per heavy atom. The molecular weight excluding hydrogens is 222 g/mol. The van der Waals surface area contributed by atoms with Crippen LogP contribution in [-0.2, 0) is 16.3 Å². The van der Waals surface area contributed by atoms with Crippen LogP contribution in [0.15, 0.2) is 30.3 Å². The van der Waals surface area contributed by atoms with Gasteiger partial charge in [0.2, 0.25) is 0 Å². The first-order valence-corrected chi connectivity index (χ1v) is 7.34. The molecule has 0 spiro atoms. The monoisotopic (exact) mass is 241 g/mol. The summed E-state index contributed by atoms with van der Waals surface area (Å²) in [6.45, 7) is 3.90. The fraction of sp³-hybridized carbons (Fsp3) is 0.500. The highest BCUT2D eigenvalue weighted by Crippen LogP contribution is 2.08. The smallest absolute Gasteiger partial charge is 0.163 e. The van der Waals surface area contributed by atoms with Crippen LogP contribution in [-0.4, -0.2) is 26.1 Å². The first-order valence-electron chi connectivity index (χ1n) is 5.38. The highest BCUT2D eigenvalue weighted by Gasteiger charge is 2.21. The summed E-state index contributed by atoms with van der Waals surface area (Å²) in [6, 6.07) is 9.81. The molecule has 1 rings (SSSR count). The van der Waals surface area contributed by atoms with E-state index in [4.69, 9.17) is 0 Å². The summed E-state index contributed by atoms with van der Waals surface area (Å²) >= 11 is 0. The van der Waals surface area contributed by atoms with Gasteiger partial charge in [0.25, 0.3) is 0 Å². The minimum absolute atomic E-state index is 0.156. The molecule has 0 bridgehead atoms. The molecule has 0 aromatic heterocycles. The van der Waals surface area contributed by atoms with Crippen molar-refractivity contribution < 1.29 is 8.42 Å². The Kier molecular flexibility index (Phi) is 4.50. The summed E-state index contributed by atoms with van der Waals surface area (Å²) in [6.07, 6.45) is 1.79. The Balaban J connectivity index is 2.80. The fourth-order valence-corrected chi connectivity index (χ4v) is 2.55. The van der Waals surface area contributed by atoms with E-state index in [1.54, 1.807) is 0 Å². The predicted octanol–water partition coefficient (Wildman–Crippen LogP) is 1.60. The number of rotatable bonds is 5. The average Bonchev–Trinajstić information content (AvgIpc) is 2.16. The van der Waals surface area contributed by atoms with Crippen LogP contribution in [0.4, 0.5) is 0 Å². The number of hydrogen-bond acceptors (Lipinski definition) is 3. The molecule has 0 saturated heterocycles. The summed E-state index contributed by atoms with van der Waals surface area (Å²) in [5, 5.41) is 2.58. The van der Waals surface area contributed by atoms with E-state index < -0.39 is 15.2 Å². The normalized spacial score (nSPS) is 14.0. The highest BCUT2D eigenvalue weighted by molar-refractivity contribution is 7.91. The summed E-state index contributed by atoms with van der Waals surface area (Å²) in [7, 11) is -3.07. The lowest BCUT2D eigenvalue weighted by atomic mass is 10.1. The first kappa shape index (κ1) is 13.2. The van der Waals surface area contributed by atoms with Gasteiger partial charge in [0.05, 0.1) is 0 Å². The summed E-state index contributed by atoms with van der Waals surface area (Å²) in [5.41, 5.74) is 1.03. The molecule has 1 N–H and O–H groups in total. The molecule has 4 heteroatoms. The van der Waals surface area contributed by atoms with Gasteiger partial charge in [-0.2, -0.15) is 0 Å². The van der Waals surface area contributed by atoms with Crippen molar-refractivity contribution in [1.29, 1.82) is 0 Å². The van der Waals surface area contributed by atoms with E-state index in [2.05, 4.69) is 5.32 Å². The van der Waals surface area contributed by atoms with Crippen molar-refractivity contribution in [2.45, 2.75) is 31.7 Å². The van der Waals surface area contributed by atoms with Crippen LogP contribution in [0.1, 0.15) is 19.4 Å². The minimum atomic E-state index is -3.07. The summed E-state index contributed by atoms with van der Waals surface area (Å²) in [5.74, 6) is 0. The zero-order valence-corrected chi connectivity index (χ0v) is 10.8. The van der Waals surface area contributed by atoms with E-state index >= 15 is 0 Å². The maximum Gasteiger partial charge on any atom is 0.163 e. The largest absolute Gasteiger partial charge is 0.299 e. The lowest BCUT2D eigenvalue weighted by Gasteiger charge is -2.19. The summed E-state index contributed by atoms with van der Waals surface area (Å²) < 4.78 is 23.2. The molecule has 1 aromatic rings. The van der Waals surface area contributed by atoms with Crippen molar-refractivity contribution in [3.63, 3.8) is 0 Å². The van der Waals surface area contributed by atoms with Gasteiger partial charge >= 0.3 is 0 Å². The van der Waals surface area contributed by atoms with Gasteiger partial charge in [-0.25, -0.2) is 8.42 Å². The quantitative estimate of drug-likeness (QED) is 0.851. The third kappa shape index (κ3) is 4.33. The summed E-state index contributed by atoms with van der Waals surface area (Å²) in [4.78, 5) is 0. The molecule has 0 saturated carbocycles. The van der Waals surface area contributed by atoms with Gasteiger partial charge in [0.15, 0.2) is 9.84 Å². The van der Waals surface area contributed by atoms with Crippen molar-refractivity contribution in [1.82, 2.24) is 5.32 Å². The van der Waals surface area contributed by atoms with E-state index in [1.165, 1.54) is 6.26 Å². The topological polar surface area (TPSA) is 46.2 Å². The van der Waals surface area contributed by atoms with Gasteiger partial charge in [0.1, 0.15) is 5.37 Å². The molecule has 1 atom stereocenters. The molecule has 0 aliphatic carbocycles. The van der Waals surface area contributed by atoms with Crippen molar-refractivity contribution in [2.75, 3.05) is 6.26 Å². The van der Waals surface area contributed by atoms with E-state index in [0.29, 0.717) is 6.42 Å². The molecule has 3 nitrogen and oxygen atoms in total. The van der Waals surface area contributed by atoms with Crippen molar-refractivity contribution >= 4 is 9.84 Å². The van der Waals surface area contributed by atoms with Crippen LogP contribution in [0.3, 0.4) is 0 Å². The third-order valence-corrected chi connectivity index (χ3v) is 3.64. The Morgan fingerprint density at radius 3 is 2.19 bits per heavy atom. The molecule has 0 fully saturated rings. The molecule has 0 aliphatic heterocycles. The van der Waals surface area contributed by atoms with E-state index in [1.807, 2.05) is 44.2 Å². The maximum absolute atomic E-state index is 11.6. The maximum atomic E-state index is 11.6. The van der Waals surface area contributed by atoms with Crippen molar-refractivity contribution in [2.24, 2.45) is 0 Å². The Labute approximate surface area is 97.8 Å².